The van der Waals surface area contributed by atoms with E-state index in [-0.39, 0.29) is 0 Å². The van der Waals surface area contributed by atoms with E-state index in [0.717, 1.165) is 32.1 Å². The molecule has 0 rings (SSSR count). The topological polar surface area (TPSA) is 52.6 Å². The third-order valence-corrected chi connectivity index (χ3v) is 8.16. The van der Waals surface area contributed by atoms with Crippen LogP contribution in [0.15, 0.2) is 12.7 Å². The molecule has 0 spiro atoms. The number of carbonyl (C=O) groups is 2. The molecule has 0 aliphatic heterocycles. The summed E-state index contributed by atoms with van der Waals surface area (Å²) in [6, 6.07) is 0. The van der Waals surface area contributed by atoms with Gasteiger partial charge < -0.3 is 0 Å². The first kappa shape index (κ1) is 38.7. The number of hydrogen-bond acceptors (Lipinski definition) is 4. The fraction of sp³-hybridized carbons (Fsp3) is 0.889. The van der Waals surface area contributed by atoms with Crippen LogP contribution in [0.2, 0.25) is 0 Å². The maximum absolute atomic E-state index is 12.3. The van der Waals surface area contributed by atoms with E-state index in [2.05, 4.69) is 20.4 Å². The van der Waals surface area contributed by atoms with Crippen molar-refractivity contribution in [3.8, 4) is 0 Å². The predicted octanol–water partition coefficient (Wildman–Crippen LogP) is 12.1. The summed E-state index contributed by atoms with van der Waals surface area (Å²) in [7, 11) is 0. The van der Waals surface area contributed by atoms with Crippen molar-refractivity contribution in [3.05, 3.63) is 12.7 Å². The summed E-state index contributed by atoms with van der Waals surface area (Å²) in [5, 5.41) is 0. The molecule has 0 saturated heterocycles. The Balaban J connectivity index is 3.54. The molecule has 4 heteroatoms. The average Bonchev–Trinajstić information content (AvgIpc) is 2.96. The van der Waals surface area contributed by atoms with E-state index in [1.54, 1.807) is 6.08 Å². The maximum atomic E-state index is 12.3. The van der Waals surface area contributed by atoms with Crippen LogP contribution in [-0.4, -0.2) is 11.9 Å². The molecule has 1 unspecified atom stereocenters. The van der Waals surface area contributed by atoms with E-state index in [1.807, 2.05) is 0 Å². The quantitative estimate of drug-likeness (QED) is 0.0363. The minimum Gasteiger partial charge on any atom is -0.247 e. The Hall–Kier alpha value is -1.32. The normalized spacial score (nSPS) is 11.8. The first-order valence-corrected chi connectivity index (χ1v) is 17.7. The molecule has 0 aromatic heterocycles. The monoisotopic (exact) mass is 565 g/mol. The molecule has 236 valence electrons. The third kappa shape index (κ3) is 28.2. The molecule has 0 saturated carbocycles. The molecule has 0 aromatic carbocycles. The van der Waals surface area contributed by atoms with Crippen molar-refractivity contribution < 1.29 is 19.4 Å². The Labute approximate surface area is 249 Å². The molecular formula is C36H68O4. The maximum Gasteiger partial charge on any atom is 0.362 e. The van der Waals surface area contributed by atoms with Crippen LogP contribution in [0, 0.1) is 5.92 Å². The highest BCUT2D eigenvalue weighted by Gasteiger charge is 2.19. The summed E-state index contributed by atoms with van der Waals surface area (Å²) in [5.74, 6) is -1.35. The highest BCUT2D eigenvalue weighted by atomic mass is 17.2. The van der Waals surface area contributed by atoms with Crippen LogP contribution < -0.4 is 0 Å². The Morgan fingerprint density at radius 1 is 0.500 bits per heavy atom. The lowest BCUT2D eigenvalue weighted by Gasteiger charge is -2.10. The molecule has 4 nitrogen and oxygen atoms in total. The lowest BCUT2D eigenvalue weighted by molar-refractivity contribution is -0.261. The number of hydrogen-bond donors (Lipinski definition) is 0. The molecule has 40 heavy (non-hydrogen) atoms. The summed E-state index contributed by atoms with van der Waals surface area (Å²) >= 11 is 0. The predicted molar refractivity (Wildman–Crippen MR) is 171 cm³/mol. The van der Waals surface area contributed by atoms with Crippen molar-refractivity contribution in [2.24, 2.45) is 5.92 Å². The van der Waals surface area contributed by atoms with Gasteiger partial charge in [-0.25, -0.2) is 19.4 Å². The van der Waals surface area contributed by atoms with Crippen LogP contribution in [0.4, 0.5) is 0 Å². The van der Waals surface area contributed by atoms with Gasteiger partial charge in [-0.3, -0.25) is 0 Å². The minimum atomic E-state index is -0.497. The second kappa shape index (κ2) is 32.2. The minimum absolute atomic E-state index is 0.308. The van der Waals surface area contributed by atoms with E-state index in [4.69, 9.17) is 9.78 Å². The van der Waals surface area contributed by atoms with Crippen LogP contribution in [0.25, 0.3) is 0 Å². The van der Waals surface area contributed by atoms with Gasteiger partial charge in [0.15, 0.2) is 0 Å². The van der Waals surface area contributed by atoms with Gasteiger partial charge in [-0.2, -0.15) is 0 Å². The van der Waals surface area contributed by atoms with Crippen LogP contribution in [0.1, 0.15) is 200 Å². The van der Waals surface area contributed by atoms with E-state index < -0.39 is 17.9 Å². The van der Waals surface area contributed by atoms with Gasteiger partial charge in [-0.05, 0) is 12.8 Å². The van der Waals surface area contributed by atoms with Crippen LogP contribution in [0.3, 0.4) is 0 Å². The van der Waals surface area contributed by atoms with E-state index in [9.17, 15) is 9.59 Å². The fourth-order valence-electron chi connectivity index (χ4n) is 5.37. The zero-order chi connectivity index (χ0) is 29.4. The summed E-state index contributed by atoms with van der Waals surface area (Å²) < 4.78 is 0. The van der Waals surface area contributed by atoms with E-state index in [0.29, 0.717) is 12.8 Å². The average molecular weight is 565 g/mol. The Kier molecular flexibility index (Phi) is 31.1. The third-order valence-electron chi connectivity index (χ3n) is 8.16. The molecule has 0 aliphatic rings. The van der Waals surface area contributed by atoms with Gasteiger partial charge in [0.05, 0.1) is 12.3 Å². The van der Waals surface area contributed by atoms with Gasteiger partial charge in [-0.1, -0.05) is 187 Å². The van der Waals surface area contributed by atoms with Crippen molar-refractivity contribution in [2.75, 3.05) is 0 Å². The van der Waals surface area contributed by atoms with Crippen molar-refractivity contribution >= 4 is 11.9 Å². The van der Waals surface area contributed by atoms with Crippen LogP contribution in [0.5, 0.6) is 0 Å². The van der Waals surface area contributed by atoms with Crippen LogP contribution in [-0.2, 0) is 19.4 Å². The Bertz CT molecular complexity index is 559. The highest BCUT2D eigenvalue weighted by Crippen LogP contribution is 2.17. The van der Waals surface area contributed by atoms with Gasteiger partial charge in [0.25, 0.3) is 0 Å². The molecule has 0 aliphatic carbocycles. The molecule has 0 aromatic rings. The van der Waals surface area contributed by atoms with Crippen molar-refractivity contribution in [3.63, 3.8) is 0 Å². The first-order valence-electron chi connectivity index (χ1n) is 17.7. The summed E-state index contributed by atoms with van der Waals surface area (Å²) in [4.78, 5) is 33.8. The molecule has 0 heterocycles. The fourth-order valence-corrected chi connectivity index (χ4v) is 5.37. The van der Waals surface area contributed by atoms with Gasteiger partial charge >= 0.3 is 11.9 Å². The second-order valence-corrected chi connectivity index (χ2v) is 12.1. The van der Waals surface area contributed by atoms with Gasteiger partial charge in [-0.15, -0.1) is 6.58 Å². The zero-order valence-corrected chi connectivity index (χ0v) is 27.0. The molecular weight excluding hydrogens is 496 g/mol. The lowest BCUT2D eigenvalue weighted by Crippen LogP contribution is -2.18. The highest BCUT2D eigenvalue weighted by molar-refractivity contribution is 5.75. The summed E-state index contributed by atoms with van der Waals surface area (Å²) in [6.45, 7) is 8.30. The largest absolute Gasteiger partial charge is 0.362 e. The van der Waals surface area contributed by atoms with Gasteiger partial charge in [0.1, 0.15) is 0 Å². The lowest BCUT2D eigenvalue weighted by atomic mass is 10.00. The Morgan fingerprint density at radius 2 is 0.825 bits per heavy atom. The van der Waals surface area contributed by atoms with Gasteiger partial charge in [0, 0.05) is 0 Å². The summed E-state index contributed by atoms with van der Waals surface area (Å²) in [5.41, 5.74) is 0. The van der Waals surface area contributed by atoms with E-state index in [1.165, 1.54) is 141 Å². The van der Waals surface area contributed by atoms with Gasteiger partial charge in [0.2, 0.25) is 0 Å². The van der Waals surface area contributed by atoms with Crippen molar-refractivity contribution in [1.29, 1.82) is 0 Å². The standard InChI is InChI=1S/C36H68O4/c1-4-7-9-11-13-15-17-19-21-22-24-26-28-30-32-34(6-3)36(38)40-39-35(37)33-31-29-27-25-23-20-18-16-14-12-10-8-5-2/h6,34H,3-5,7-33H2,1-2H3. The van der Waals surface area contributed by atoms with Crippen molar-refractivity contribution in [2.45, 2.75) is 200 Å². The smallest absolute Gasteiger partial charge is 0.247 e. The number of carbonyl (C=O) groups excluding carboxylic acids is 2. The molecule has 0 radical (unpaired) electrons. The van der Waals surface area contributed by atoms with Crippen LogP contribution >= 0.6 is 0 Å². The number of unbranched alkanes of at least 4 members (excludes halogenated alkanes) is 25. The molecule has 0 bridgehead atoms. The molecule has 1 atom stereocenters. The molecule has 0 N–H and O–H groups in total. The molecule has 0 amide bonds. The van der Waals surface area contributed by atoms with E-state index >= 15 is 0 Å². The second-order valence-electron chi connectivity index (χ2n) is 12.1. The number of rotatable bonds is 31. The Morgan fingerprint density at radius 3 is 1.18 bits per heavy atom. The zero-order valence-electron chi connectivity index (χ0n) is 27.0. The molecule has 0 fully saturated rings. The summed E-state index contributed by atoms with van der Waals surface area (Å²) in [6.07, 6.45) is 37.4. The van der Waals surface area contributed by atoms with Crippen molar-refractivity contribution in [1.82, 2.24) is 0 Å². The SMILES string of the molecule is C=CC(CCCCCCCCCCCCCCCC)C(=O)OOC(=O)CCCCCCCCCCCCCCC. The first-order chi connectivity index (χ1) is 19.7.